The number of aromatic amines is 1. The fourth-order valence-corrected chi connectivity index (χ4v) is 3.25. The average molecular weight is 340 g/mol. The summed E-state index contributed by atoms with van der Waals surface area (Å²) < 4.78 is 2.04. The number of amides is 1. The van der Waals surface area contributed by atoms with Gasteiger partial charge in [-0.3, -0.25) is 9.59 Å². The number of benzene rings is 2. The van der Waals surface area contributed by atoms with Gasteiger partial charge in [0.2, 0.25) is 5.91 Å². The lowest BCUT2D eigenvalue weighted by Crippen LogP contribution is -2.29. The SMILES string of the molecule is CC(=O)c1ccc(NC(=O)CSc2[nH]c3ccccc3[n+]2C)cc1. The van der Waals surface area contributed by atoms with Crippen molar-refractivity contribution >= 4 is 40.2 Å². The minimum absolute atomic E-state index is 0.00902. The molecule has 0 aliphatic rings. The molecule has 0 fully saturated rings. The molecule has 5 nitrogen and oxygen atoms in total. The summed E-state index contributed by atoms with van der Waals surface area (Å²) in [5.41, 5.74) is 3.46. The third-order valence-corrected chi connectivity index (χ3v) is 4.78. The Bertz CT molecular complexity index is 900. The molecule has 122 valence electrons. The van der Waals surface area contributed by atoms with Crippen LogP contribution < -0.4 is 9.88 Å². The van der Waals surface area contributed by atoms with Gasteiger partial charge in [0.05, 0.1) is 12.8 Å². The number of thioether (sulfide) groups is 1. The molecule has 0 aliphatic heterocycles. The number of carbonyl (C=O) groups excluding carboxylic acids is 2. The summed E-state index contributed by atoms with van der Waals surface area (Å²) in [5, 5.41) is 3.77. The molecule has 0 radical (unpaired) electrons. The van der Waals surface area contributed by atoms with Crippen molar-refractivity contribution in [2.24, 2.45) is 7.05 Å². The van der Waals surface area contributed by atoms with E-state index in [4.69, 9.17) is 0 Å². The monoisotopic (exact) mass is 340 g/mol. The number of H-pyrrole nitrogens is 1. The topological polar surface area (TPSA) is 65.8 Å². The van der Waals surface area contributed by atoms with Gasteiger partial charge in [0.1, 0.15) is 0 Å². The fourth-order valence-electron chi connectivity index (χ4n) is 2.43. The third-order valence-electron chi connectivity index (χ3n) is 3.73. The Kier molecular flexibility index (Phi) is 4.66. The Morgan fingerprint density at radius 2 is 1.83 bits per heavy atom. The highest BCUT2D eigenvalue weighted by Crippen LogP contribution is 2.17. The number of hydrogen-bond donors (Lipinski definition) is 2. The van der Waals surface area contributed by atoms with Crippen LogP contribution in [0.5, 0.6) is 0 Å². The molecule has 0 unspecified atom stereocenters. The highest BCUT2D eigenvalue weighted by molar-refractivity contribution is 7.99. The summed E-state index contributed by atoms with van der Waals surface area (Å²) >= 11 is 1.45. The first-order chi connectivity index (χ1) is 11.5. The number of carbonyl (C=O) groups is 2. The molecule has 0 spiro atoms. The molecule has 0 aliphatic carbocycles. The second-order valence-electron chi connectivity index (χ2n) is 5.48. The first kappa shape index (κ1) is 16.3. The van der Waals surface area contributed by atoms with Crippen LogP contribution in [0.25, 0.3) is 11.0 Å². The van der Waals surface area contributed by atoms with E-state index < -0.39 is 0 Å². The minimum atomic E-state index is -0.0887. The predicted molar refractivity (Wildman–Crippen MR) is 95.3 cm³/mol. The van der Waals surface area contributed by atoms with Gasteiger partial charge in [-0.15, -0.1) is 0 Å². The van der Waals surface area contributed by atoms with Gasteiger partial charge in [0.15, 0.2) is 16.8 Å². The van der Waals surface area contributed by atoms with Crippen molar-refractivity contribution in [2.45, 2.75) is 12.1 Å². The fraction of sp³-hybridized carbons (Fsp3) is 0.167. The van der Waals surface area contributed by atoms with Crippen LogP contribution in [0.4, 0.5) is 5.69 Å². The Balaban J connectivity index is 1.62. The highest BCUT2D eigenvalue weighted by atomic mass is 32.2. The van der Waals surface area contributed by atoms with Crippen molar-refractivity contribution < 1.29 is 14.2 Å². The minimum Gasteiger partial charge on any atom is -0.325 e. The summed E-state index contributed by atoms with van der Waals surface area (Å²) in [6.45, 7) is 1.52. The average Bonchev–Trinajstić information content (AvgIpc) is 2.90. The molecule has 0 saturated heterocycles. The number of Topliss-reactive ketones (excluding diaryl/α,β-unsaturated/α-hetero) is 1. The molecule has 0 saturated carbocycles. The number of nitrogens with zero attached hydrogens (tertiary/aromatic N) is 1. The molecule has 2 N–H and O–H groups in total. The van der Waals surface area contributed by atoms with Crippen LogP contribution in [0.15, 0.2) is 53.7 Å². The van der Waals surface area contributed by atoms with Crippen molar-refractivity contribution in [1.29, 1.82) is 0 Å². The molecular formula is C18H18N3O2S+. The van der Waals surface area contributed by atoms with E-state index in [9.17, 15) is 9.59 Å². The second-order valence-corrected chi connectivity index (χ2v) is 6.44. The van der Waals surface area contributed by atoms with Gasteiger partial charge in [0, 0.05) is 11.3 Å². The van der Waals surface area contributed by atoms with Crippen LogP contribution in [0, 0.1) is 0 Å². The summed E-state index contributed by atoms with van der Waals surface area (Å²) in [5.74, 6) is 0.221. The van der Waals surface area contributed by atoms with E-state index in [1.165, 1.54) is 18.7 Å². The number of fused-ring (bicyclic) bond motifs is 1. The molecule has 1 aromatic heterocycles. The first-order valence-electron chi connectivity index (χ1n) is 7.55. The van der Waals surface area contributed by atoms with E-state index >= 15 is 0 Å². The van der Waals surface area contributed by atoms with Crippen molar-refractivity contribution in [3.05, 3.63) is 54.1 Å². The van der Waals surface area contributed by atoms with Crippen LogP contribution in [0.1, 0.15) is 17.3 Å². The van der Waals surface area contributed by atoms with Gasteiger partial charge < -0.3 is 5.32 Å². The molecule has 0 atom stereocenters. The summed E-state index contributed by atoms with van der Waals surface area (Å²) in [6.07, 6.45) is 0. The number of ketones is 1. The molecule has 2 aromatic carbocycles. The Morgan fingerprint density at radius 1 is 1.12 bits per heavy atom. The lowest BCUT2D eigenvalue weighted by molar-refractivity contribution is -0.683. The normalized spacial score (nSPS) is 10.8. The number of aromatic nitrogens is 2. The number of anilines is 1. The van der Waals surface area contributed by atoms with Gasteiger partial charge in [-0.05, 0) is 55.1 Å². The summed E-state index contributed by atoms with van der Waals surface area (Å²) in [7, 11) is 1.97. The van der Waals surface area contributed by atoms with Crippen LogP contribution in [0.2, 0.25) is 0 Å². The zero-order valence-corrected chi connectivity index (χ0v) is 14.3. The summed E-state index contributed by atoms with van der Waals surface area (Å²) in [4.78, 5) is 26.7. The number of para-hydroxylation sites is 2. The van der Waals surface area contributed by atoms with Crippen LogP contribution in [-0.2, 0) is 11.8 Å². The number of imidazole rings is 1. The Hall–Kier alpha value is -2.60. The van der Waals surface area contributed by atoms with Gasteiger partial charge in [-0.1, -0.05) is 12.1 Å². The van der Waals surface area contributed by atoms with Gasteiger partial charge >= 0.3 is 5.16 Å². The lowest BCUT2D eigenvalue weighted by Gasteiger charge is -2.04. The van der Waals surface area contributed by atoms with Gasteiger partial charge in [-0.2, -0.15) is 0 Å². The van der Waals surface area contributed by atoms with Crippen LogP contribution in [0.3, 0.4) is 0 Å². The zero-order valence-electron chi connectivity index (χ0n) is 13.5. The van der Waals surface area contributed by atoms with Crippen molar-refractivity contribution in [2.75, 3.05) is 11.1 Å². The maximum absolute atomic E-state index is 12.1. The maximum atomic E-state index is 12.1. The number of rotatable bonds is 5. The van der Waals surface area contributed by atoms with Crippen molar-refractivity contribution in [3.8, 4) is 0 Å². The van der Waals surface area contributed by atoms with E-state index in [1.54, 1.807) is 24.3 Å². The van der Waals surface area contributed by atoms with E-state index in [2.05, 4.69) is 10.3 Å². The van der Waals surface area contributed by atoms with Crippen LogP contribution >= 0.6 is 11.8 Å². The maximum Gasteiger partial charge on any atom is 0.317 e. The highest BCUT2D eigenvalue weighted by Gasteiger charge is 2.16. The molecule has 1 amide bonds. The standard InChI is InChI=1S/C18H17N3O2S/c1-12(22)13-7-9-14(10-8-13)19-17(23)11-24-18-20-15-5-3-4-6-16(15)21(18)2/h3-10H,11H2,1-2H3,(H,19,22,23)/p+1. The van der Waals surface area contributed by atoms with E-state index in [-0.39, 0.29) is 11.7 Å². The Labute approximate surface area is 144 Å². The molecular weight excluding hydrogens is 322 g/mol. The van der Waals surface area contributed by atoms with Gasteiger partial charge in [-0.25, -0.2) is 9.55 Å². The summed E-state index contributed by atoms with van der Waals surface area (Å²) in [6, 6.07) is 14.9. The quantitative estimate of drug-likeness (QED) is 0.426. The first-order valence-corrected chi connectivity index (χ1v) is 8.53. The molecule has 3 aromatic rings. The number of aryl methyl sites for hydroxylation is 1. The Morgan fingerprint density at radius 3 is 2.50 bits per heavy atom. The molecule has 0 bridgehead atoms. The molecule has 24 heavy (non-hydrogen) atoms. The molecule has 3 rings (SSSR count). The third kappa shape index (κ3) is 3.49. The van der Waals surface area contributed by atoms with Gasteiger partial charge in [0.25, 0.3) is 0 Å². The van der Waals surface area contributed by atoms with Crippen molar-refractivity contribution in [1.82, 2.24) is 4.98 Å². The second kappa shape index (κ2) is 6.88. The van der Waals surface area contributed by atoms with Crippen molar-refractivity contribution in [3.63, 3.8) is 0 Å². The van der Waals surface area contributed by atoms with E-state index in [0.29, 0.717) is 17.0 Å². The lowest BCUT2D eigenvalue weighted by atomic mass is 10.1. The van der Waals surface area contributed by atoms with E-state index in [0.717, 1.165) is 16.2 Å². The number of hydrogen-bond acceptors (Lipinski definition) is 3. The van der Waals surface area contributed by atoms with Crippen LogP contribution in [-0.4, -0.2) is 22.4 Å². The predicted octanol–water partition coefficient (Wildman–Crippen LogP) is 2.93. The smallest absolute Gasteiger partial charge is 0.317 e. The zero-order chi connectivity index (χ0) is 17.1. The number of nitrogens with one attached hydrogen (secondary N) is 2. The van der Waals surface area contributed by atoms with E-state index in [1.807, 2.05) is 35.9 Å². The largest absolute Gasteiger partial charge is 0.325 e. The molecule has 6 heteroatoms. The molecule has 1 heterocycles.